The Bertz CT molecular complexity index is 883. The van der Waals surface area contributed by atoms with Crippen molar-refractivity contribution in [1.82, 2.24) is 5.32 Å². The molecule has 1 amide bonds. The van der Waals surface area contributed by atoms with E-state index in [1.807, 2.05) is 6.92 Å². The van der Waals surface area contributed by atoms with Crippen LogP contribution in [0.5, 0.6) is 5.75 Å². The molecular formula is C18H21NO6. The van der Waals surface area contributed by atoms with Gasteiger partial charge in [-0.3, -0.25) is 4.79 Å². The molecule has 0 saturated heterocycles. The first-order valence-electron chi connectivity index (χ1n) is 8.02. The van der Waals surface area contributed by atoms with Crippen LogP contribution >= 0.6 is 0 Å². The highest BCUT2D eigenvalue weighted by Crippen LogP contribution is 2.29. The van der Waals surface area contributed by atoms with Gasteiger partial charge in [-0.25, -0.2) is 9.59 Å². The number of carboxylic acid groups (broad SMARTS) is 1. The van der Waals surface area contributed by atoms with Crippen molar-refractivity contribution in [3.8, 4) is 5.75 Å². The Labute approximate surface area is 144 Å². The Hall–Kier alpha value is -2.83. The van der Waals surface area contributed by atoms with Gasteiger partial charge in [0.1, 0.15) is 17.4 Å². The quantitative estimate of drug-likeness (QED) is 0.688. The summed E-state index contributed by atoms with van der Waals surface area (Å²) in [5.41, 5.74) is 0.860. The minimum Gasteiger partial charge on any atom is -0.507 e. The van der Waals surface area contributed by atoms with Crippen LogP contribution in [0.4, 0.5) is 0 Å². The van der Waals surface area contributed by atoms with Crippen LogP contribution < -0.4 is 10.9 Å². The standard InChI is InChI=1S/C18H21NO6/c1-4-5-12(17(22)23)19-15(21)8-11-10(3)16-13(20)6-9(2)7-14(16)25-18(11)24/h6-7,12,20H,4-5,8H2,1-3H3,(H,19,21)(H,22,23). The molecular weight excluding hydrogens is 326 g/mol. The maximum atomic E-state index is 12.2. The highest BCUT2D eigenvalue weighted by atomic mass is 16.4. The van der Waals surface area contributed by atoms with Crippen LogP contribution in [0.15, 0.2) is 21.3 Å². The van der Waals surface area contributed by atoms with E-state index in [1.165, 1.54) is 0 Å². The second-order valence-corrected chi connectivity index (χ2v) is 6.07. The van der Waals surface area contributed by atoms with Gasteiger partial charge in [0.25, 0.3) is 0 Å². The van der Waals surface area contributed by atoms with Crippen LogP contribution in [-0.4, -0.2) is 28.1 Å². The molecule has 7 heteroatoms. The summed E-state index contributed by atoms with van der Waals surface area (Å²) in [6.45, 7) is 5.20. The van der Waals surface area contributed by atoms with Crippen molar-refractivity contribution >= 4 is 22.8 Å². The van der Waals surface area contributed by atoms with Crippen LogP contribution in [-0.2, 0) is 16.0 Å². The lowest BCUT2D eigenvalue weighted by Gasteiger charge is -2.14. The number of carbonyl (C=O) groups excluding carboxylic acids is 1. The number of benzene rings is 1. The molecule has 0 bridgehead atoms. The lowest BCUT2D eigenvalue weighted by molar-refractivity contribution is -0.141. The molecule has 2 aromatic rings. The molecule has 0 fully saturated rings. The van der Waals surface area contributed by atoms with E-state index in [1.54, 1.807) is 26.0 Å². The van der Waals surface area contributed by atoms with Crippen LogP contribution in [0.3, 0.4) is 0 Å². The molecule has 1 unspecified atom stereocenters. The Morgan fingerprint density at radius 1 is 1.28 bits per heavy atom. The number of nitrogens with one attached hydrogen (secondary N) is 1. The highest BCUT2D eigenvalue weighted by Gasteiger charge is 2.22. The van der Waals surface area contributed by atoms with Crippen molar-refractivity contribution in [1.29, 1.82) is 0 Å². The average Bonchev–Trinajstić information content (AvgIpc) is 2.49. The van der Waals surface area contributed by atoms with Crippen LogP contribution in [0, 0.1) is 13.8 Å². The molecule has 3 N–H and O–H groups in total. The fourth-order valence-corrected chi connectivity index (χ4v) is 2.81. The van der Waals surface area contributed by atoms with Gasteiger partial charge in [0.2, 0.25) is 5.91 Å². The lowest BCUT2D eigenvalue weighted by atomic mass is 10.0. The van der Waals surface area contributed by atoms with Gasteiger partial charge < -0.3 is 19.9 Å². The third-order valence-electron chi connectivity index (χ3n) is 4.05. The number of phenolic OH excluding ortho intramolecular Hbond substituents is 1. The molecule has 1 atom stereocenters. The zero-order valence-corrected chi connectivity index (χ0v) is 14.4. The summed E-state index contributed by atoms with van der Waals surface area (Å²) in [5.74, 6) is -1.74. The minimum atomic E-state index is -1.12. The molecule has 25 heavy (non-hydrogen) atoms. The number of amides is 1. The number of aliphatic carboxylic acids is 1. The zero-order chi connectivity index (χ0) is 18.7. The Kier molecular flexibility index (Phi) is 5.46. The molecule has 1 aromatic carbocycles. The number of aromatic hydroxyl groups is 1. The molecule has 0 aliphatic heterocycles. The molecule has 0 radical (unpaired) electrons. The van der Waals surface area contributed by atoms with Crippen molar-refractivity contribution in [3.05, 3.63) is 39.2 Å². The summed E-state index contributed by atoms with van der Waals surface area (Å²) in [4.78, 5) is 35.5. The summed E-state index contributed by atoms with van der Waals surface area (Å²) in [6, 6.07) is 2.18. The Balaban J connectivity index is 2.37. The maximum Gasteiger partial charge on any atom is 0.340 e. The fourth-order valence-electron chi connectivity index (χ4n) is 2.81. The minimum absolute atomic E-state index is 0.0349. The molecule has 0 spiro atoms. The molecule has 0 aliphatic carbocycles. The van der Waals surface area contributed by atoms with E-state index in [-0.39, 0.29) is 23.3 Å². The topological polar surface area (TPSA) is 117 Å². The Morgan fingerprint density at radius 2 is 1.96 bits per heavy atom. The number of phenols is 1. The van der Waals surface area contributed by atoms with Gasteiger partial charge >= 0.3 is 11.6 Å². The van der Waals surface area contributed by atoms with E-state index in [0.29, 0.717) is 23.8 Å². The van der Waals surface area contributed by atoms with Crippen molar-refractivity contribution < 1.29 is 24.2 Å². The number of aryl methyl sites for hydroxylation is 2. The molecule has 1 heterocycles. The molecule has 0 aliphatic rings. The molecule has 134 valence electrons. The third-order valence-corrected chi connectivity index (χ3v) is 4.05. The summed E-state index contributed by atoms with van der Waals surface area (Å²) < 4.78 is 5.22. The number of fused-ring (bicyclic) bond motifs is 1. The third kappa shape index (κ3) is 3.99. The molecule has 2 rings (SSSR count). The number of hydrogen-bond donors (Lipinski definition) is 3. The van der Waals surface area contributed by atoms with Crippen LogP contribution in [0.25, 0.3) is 11.0 Å². The lowest BCUT2D eigenvalue weighted by Crippen LogP contribution is -2.41. The van der Waals surface area contributed by atoms with E-state index in [2.05, 4.69) is 5.32 Å². The highest BCUT2D eigenvalue weighted by molar-refractivity contribution is 5.90. The largest absolute Gasteiger partial charge is 0.507 e. The van der Waals surface area contributed by atoms with Gasteiger partial charge in [-0.05, 0) is 43.5 Å². The number of carbonyl (C=O) groups is 2. The first-order chi connectivity index (χ1) is 11.7. The van der Waals surface area contributed by atoms with Crippen molar-refractivity contribution in [2.24, 2.45) is 0 Å². The number of hydrogen-bond acceptors (Lipinski definition) is 5. The summed E-state index contributed by atoms with van der Waals surface area (Å²) in [6.07, 6.45) is 0.582. The first-order valence-corrected chi connectivity index (χ1v) is 8.02. The Morgan fingerprint density at radius 3 is 2.56 bits per heavy atom. The number of rotatable bonds is 6. The monoisotopic (exact) mass is 347 g/mol. The summed E-state index contributed by atoms with van der Waals surface area (Å²) in [5, 5.41) is 22.0. The second-order valence-electron chi connectivity index (χ2n) is 6.07. The second kappa shape index (κ2) is 7.38. The van der Waals surface area contributed by atoms with Crippen LogP contribution in [0.1, 0.15) is 36.5 Å². The van der Waals surface area contributed by atoms with Gasteiger partial charge in [-0.15, -0.1) is 0 Å². The van der Waals surface area contributed by atoms with Gasteiger partial charge in [-0.1, -0.05) is 13.3 Å². The van der Waals surface area contributed by atoms with E-state index >= 15 is 0 Å². The van der Waals surface area contributed by atoms with Gasteiger partial charge in [0.15, 0.2) is 0 Å². The van der Waals surface area contributed by atoms with E-state index in [4.69, 9.17) is 9.52 Å². The van der Waals surface area contributed by atoms with Crippen molar-refractivity contribution in [2.75, 3.05) is 0 Å². The van der Waals surface area contributed by atoms with Crippen LogP contribution in [0.2, 0.25) is 0 Å². The number of carboxylic acids is 1. The smallest absolute Gasteiger partial charge is 0.340 e. The predicted molar refractivity (Wildman–Crippen MR) is 91.8 cm³/mol. The SMILES string of the molecule is CCCC(NC(=O)Cc1c(C)c2c(O)cc(C)cc2oc1=O)C(=O)O. The van der Waals surface area contributed by atoms with E-state index in [0.717, 1.165) is 5.56 Å². The van der Waals surface area contributed by atoms with Gasteiger partial charge in [0, 0.05) is 0 Å². The molecule has 1 aromatic heterocycles. The predicted octanol–water partition coefficient (Wildman–Crippen LogP) is 2.03. The molecule has 7 nitrogen and oxygen atoms in total. The zero-order valence-electron chi connectivity index (χ0n) is 14.4. The average molecular weight is 347 g/mol. The first kappa shape index (κ1) is 18.5. The fraction of sp³-hybridized carbons (Fsp3) is 0.389. The van der Waals surface area contributed by atoms with E-state index in [9.17, 15) is 19.5 Å². The summed E-state index contributed by atoms with van der Waals surface area (Å²) >= 11 is 0. The van der Waals surface area contributed by atoms with Gasteiger partial charge in [0.05, 0.1) is 17.4 Å². The molecule has 0 saturated carbocycles. The van der Waals surface area contributed by atoms with E-state index < -0.39 is 23.5 Å². The van der Waals surface area contributed by atoms with Crippen molar-refractivity contribution in [3.63, 3.8) is 0 Å². The normalized spacial score (nSPS) is 12.1. The van der Waals surface area contributed by atoms with Gasteiger partial charge in [-0.2, -0.15) is 0 Å². The summed E-state index contributed by atoms with van der Waals surface area (Å²) in [7, 11) is 0. The van der Waals surface area contributed by atoms with Crippen molar-refractivity contribution in [2.45, 2.75) is 46.1 Å². The maximum absolute atomic E-state index is 12.2.